The summed E-state index contributed by atoms with van der Waals surface area (Å²) in [7, 11) is 1.89. The Labute approximate surface area is 117 Å². The van der Waals surface area contributed by atoms with Crippen LogP contribution in [0.25, 0.3) is 0 Å². The van der Waals surface area contributed by atoms with E-state index in [9.17, 15) is 4.79 Å². The second kappa shape index (κ2) is 4.99. The molecule has 2 aromatic rings. The zero-order valence-corrected chi connectivity index (χ0v) is 12.0. The van der Waals surface area contributed by atoms with Crippen molar-refractivity contribution in [1.29, 1.82) is 0 Å². The van der Waals surface area contributed by atoms with Gasteiger partial charge in [-0.3, -0.25) is 0 Å². The molecule has 0 amide bonds. The standard InChI is InChI=1S/C12H11BrN2O2S/c1-15(11-5-8(13)6-18-11)10-3-2-7(12(16)17)4-9(10)14/h2-6H,14H2,1H3,(H,16,17). The number of nitrogens with zero attached hydrogens (tertiary/aromatic N) is 1. The van der Waals surface area contributed by atoms with E-state index >= 15 is 0 Å². The lowest BCUT2D eigenvalue weighted by molar-refractivity contribution is 0.0697. The van der Waals surface area contributed by atoms with Crippen molar-refractivity contribution in [2.24, 2.45) is 0 Å². The van der Waals surface area contributed by atoms with Crippen molar-refractivity contribution in [2.75, 3.05) is 17.7 Å². The Hall–Kier alpha value is -1.53. The van der Waals surface area contributed by atoms with E-state index in [0.717, 1.165) is 15.2 Å². The number of anilines is 3. The molecule has 1 aromatic heterocycles. The molecule has 0 atom stereocenters. The van der Waals surface area contributed by atoms with Gasteiger partial charge in [-0.1, -0.05) is 0 Å². The second-order valence-electron chi connectivity index (χ2n) is 3.74. The Morgan fingerprint density at radius 1 is 1.44 bits per heavy atom. The Morgan fingerprint density at radius 3 is 2.67 bits per heavy atom. The maximum atomic E-state index is 10.8. The summed E-state index contributed by atoms with van der Waals surface area (Å²) in [6.07, 6.45) is 0. The summed E-state index contributed by atoms with van der Waals surface area (Å²) in [4.78, 5) is 12.8. The normalized spacial score (nSPS) is 10.3. The predicted octanol–water partition coefficient (Wildman–Crippen LogP) is 3.56. The van der Waals surface area contributed by atoms with E-state index in [4.69, 9.17) is 10.8 Å². The molecule has 0 bridgehead atoms. The van der Waals surface area contributed by atoms with Crippen LogP contribution in [-0.4, -0.2) is 18.1 Å². The molecule has 1 heterocycles. The highest BCUT2D eigenvalue weighted by Gasteiger charge is 2.12. The van der Waals surface area contributed by atoms with Crippen LogP contribution < -0.4 is 10.6 Å². The molecule has 0 spiro atoms. The van der Waals surface area contributed by atoms with Crippen LogP contribution in [0, 0.1) is 0 Å². The van der Waals surface area contributed by atoms with Gasteiger partial charge in [-0.2, -0.15) is 0 Å². The number of nitrogen functional groups attached to an aromatic ring is 1. The van der Waals surface area contributed by atoms with Crippen molar-refractivity contribution in [1.82, 2.24) is 0 Å². The molecule has 0 radical (unpaired) electrons. The molecule has 0 saturated carbocycles. The SMILES string of the molecule is CN(c1cc(Br)cs1)c1ccc(C(=O)O)cc1N. The lowest BCUT2D eigenvalue weighted by atomic mass is 10.1. The third-order valence-corrected chi connectivity index (χ3v) is 4.29. The zero-order chi connectivity index (χ0) is 13.3. The molecule has 0 saturated heterocycles. The first kappa shape index (κ1) is 12.9. The van der Waals surface area contributed by atoms with Crippen LogP contribution in [0.5, 0.6) is 0 Å². The van der Waals surface area contributed by atoms with Crippen LogP contribution in [0.1, 0.15) is 10.4 Å². The van der Waals surface area contributed by atoms with Crippen LogP contribution in [0.15, 0.2) is 34.1 Å². The largest absolute Gasteiger partial charge is 0.478 e. The summed E-state index contributed by atoms with van der Waals surface area (Å²) in [5, 5.41) is 11.9. The zero-order valence-electron chi connectivity index (χ0n) is 9.55. The lowest BCUT2D eigenvalue weighted by Crippen LogP contribution is -2.11. The fourth-order valence-electron chi connectivity index (χ4n) is 1.59. The van der Waals surface area contributed by atoms with E-state index in [1.807, 2.05) is 23.4 Å². The lowest BCUT2D eigenvalue weighted by Gasteiger charge is -2.19. The second-order valence-corrected chi connectivity index (χ2v) is 5.55. The molecule has 3 N–H and O–H groups in total. The summed E-state index contributed by atoms with van der Waals surface area (Å²) in [5.41, 5.74) is 7.32. The monoisotopic (exact) mass is 326 g/mol. The first-order chi connectivity index (χ1) is 8.49. The molecule has 0 aliphatic heterocycles. The molecule has 0 aliphatic rings. The number of aromatic carboxylic acids is 1. The highest BCUT2D eigenvalue weighted by atomic mass is 79.9. The topological polar surface area (TPSA) is 66.6 Å². The molecule has 1 aromatic carbocycles. The van der Waals surface area contributed by atoms with Crippen molar-refractivity contribution in [3.8, 4) is 0 Å². The van der Waals surface area contributed by atoms with Gasteiger partial charge in [0.15, 0.2) is 0 Å². The molecule has 0 fully saturated rings. The highest BCUT2D eigenvalue weighted by Crippen LogP contribution is 2.35. The van der Waals surface area contributed by atoms with Crippen LogP contribution in [0.4, 0.5) is 16.4 Å². The maximum absolute atomic E-state index is 10.8. The minimum absolute atomic E-state index is 0.192. The van der Waals surface area contributed by atoms with E-state index in [1.165, 1.54) is 6.07 Å². The van der Waals surface area contributed by atoms with Gasteiger partial charge >= 0.3 is 5.97 Å². The van der Waals surface area contributed by atoms with Gasteiger partial charge in [-0.05, 0) is 40.2 Å². The number of hydrogen-bond donors (Lipinski definition) is 2. The molecular formula is C12H11BrN2O2S. The first-order valence-electron chi connectivity index (χ1n) is 5.09. The van der Waals surface area contributed by atoms with Crippen molar-refractivity contribution < 1.29 is 9.90 Å². The highest BCUT2D eigenvalue weighted by molar-refractivity contribution is 9.10. The van der Waals surface area contributed by atoms with E-state index in [2.05, 4.69) is 15.9 Å². The van der Waals surface area contributed by atoms with Gasteiger partial charge in [0.25, 0.3) is 0 Å². The van der Waals surface area contributed by atoms with Crippen LogP contribution in [-0.2, 0) is 0 Å². The van der Waals surface area contributed by atoms with Crippen LogP contribution >= 0.6 is 27.3 Å². The smallest absolute Gasteiger partial charge is 0.335 e. The Morgan fingerprint density at radius 2 is 2.17 bits per heavy atom. The molecular weight excluding hydrogens is 316 g/mol. The van der Waals surface area contributed by atoms with E-state index in [-0.39, 0.29) is 5.56 Å². The third kappa shape index (κ3) is 2.49. The summed E-state index contributed by atoms with van der Waals surface area (Å²) in [6, 6.07) is 6.71. The quantitative estimate of drug-likeness (QED) is 0.846. The summed E-state index contributed by atoms with van der Waals surface area (Å²) in [5.74, 6) is -0.977. The van der Waals surface area contributed by atoms with Gasteiger partial charge in [-0.15, -0.1) is 11.3 Å². The number of halogens is 1. The van der Waals surface area contributed by atoms with Crippen molar-refractivity contribution >= 4 is 49.6 Å². The van der Waals surface area contributed by atoms with Gasteiger partial charge in [-0.25, -0.2) is 4.79 Å². The first-order valence-corrected chi connectivity index (χ1v) is 6.77. The van der Waals surface area contributed by atoms with Crippen molar-refractivity contribution in [3.63, 3.8) is 0 Å². The number of carbonyl (C=O) groups is 1. The fraction of sp³-hybridized carbons (Fsp3) is 0.0833. The number of benzene rings is 1. The van der Waals surface area contributed by atoms with Gasteiger partial charge in [0.1, 0.15) is 0 Å². The average Bonchev–Trinajstić information content (AvgIpc) is 2.74. The van der Waals surface area contributed by atoms with Crippen molar-refractivity contribution in [2.45, 2.75) is 0 Å². The minimum atomic E-state index is -0.977. The van der Waals surface area contributed by atoms with Gasteiger partial charge < -0.3 is 15.7 Å². The molecule has 2 rings (SSSR count). The number of hydrogen-bond acceptors (Lipinski definition) is 4. The number of nitrogens with two attached hydrogens (primary N) is 1. The molecule has 94 valence electrons. The van der Waals surface area contributed by atoms with Gasteiger partial charge in [0, 0.05) is 16.9 Å². The third-order valence-electron chi connectivity index (χ3n) is 2.52. The molecule has 4 nitrogen and oxygen atoms in total. The maximum Gasteiger partial charge on any atom is 0.335 e. The number of carboxylic acid groups (broad SMARTS) is 1. The molecule has 6 heteroatoms. The Balaban J connectivity index is 2.36. The molecule has 18 heavy (non-hydrogen) atoms. The summed E-state index contributed by atoms with van der Waals surface area (Å²) >= 11 is 4.98. The van der Waals surface area contributed by atoms with Gasteiger partial charge in [0.2, 0.25) is 0 Å². The Bertz CT molecular complexity index is 598. The van der Waals surface area contributed by atoms with Crippen molar-refractivity contribution in [3.05, 3.63) is 39.7 Å². The molecule has 0 unspecified atom stereocenters. The van der Waals surface area contributed by atoms with E-state index in [1.54, 1.807) is 23.5 Å². The summed E-state index contributed by atoms with van der Waals surface area (Å²) < 4.78 is 1.01. The number of rotatable bonds is 3. The predicted molar refractivity (Wildman–Crippen MR) is 77.9 cm³/mol. The Kier molecular flexibility index (Phi) is 3.58. The molecule has 0 aliphatic carbocycles. The van der Waals surface area contributed by atoms with E-state index in [0.29, 0.717) is 5.69 Å². The van der Waals surface area contributed by atoms with E-state index < -0.39 is 5.97 Å². The van der Waals surface area contributed by atoms with Crippen LogP contribution in [0.3, 0.4) is 0 Å². The average molecular weight is 327 g/mol. The van der Waals surface area contributed by atoms with Crippen LogP contribution in [0.2, 0.25) is 0 Å². The number of carboxylic acids is 1. The summed E-state index contributed by atoms with van der Waals surface area (Å²) in [6.45, 7) is 0. The fourth-order valence-corrected chi connectivity index (χ4v) is 2.99. The number of thiophene rings is 1. The minimum Gasteiger partial charge on any atom is -0.478 e. The van der Waals surface area contributed by atoms with Gasteiger partial charge in [0.05, 0.1) is 21.9 Å².